The minimum Gasteiger partial charge on any atom is -0.458 e. The molecule has 1 rings (SSSR count). The normalized spacial score (nSPS) is 20.9. The fraction of sp³-hybridized carbons (Fsp3) is 0.650. The monoisotopic (exact) mass is 304 g/mol. The molecule has 0 aromatic heterocycles. The third-order valence-electron chi connectivity index (χ3n) is 4.49. The number of carbonyl (C=O) groups is 1. The molecular weight excluding hydrogens is 272 g/mol. The molecule has 2 heteroatoms. The van der Waals surface area contributed by atoms with Crippen LogP contribution in [0.5, 0.6) is 0 Å². The number of hydrogen-bond donors (Lipinski definition) is 0. The van der Waals surface area contributed by atoms with Gasteiger partial charge >= 0.3 is 5.97 Å². The molecule has 0 spiro atoms. The Bertz CT molecular complexity index is 370. The summed E-state index contributed by atoms with van der Waals surface area (Å²) in [7, 11) is 0. The molecule has 1 aliphatic heterocycles. The molecule has 0 bridgehead atoms. The van der Waals surface area contributed by atoms with Gasteiger partial charge in [0.1, 0.15) is 6.10 Å². The Balaban J connectivity index is 2.24. The quantitative estimate of drug-likeness (QED) is 0.187. The highest BCUT2D eigenvalue weighted by Gasteiger charge is 2.37. The second-order valence-corrected chi connectivity index (χ2v) is 6.28. The maximum absolute atomic E-state index is 11.7. The first-order valence-corrected chi connectivity index (χ1v) is 8.82. The van der Waals surface area contributed by atoms with Crippen molar-refractivity contribution < 1.29 is 9.53 Å². The van der Waals surface area contributed by atoms with Crippen LogP contribution in [0.25, 0.3) is 0 Å². The summed E-state index contributed by atoms with van der Waals surface area (Å²) >= 11 is 0. The van der Waals surface area contributed by atoms with Crippen LogP contribution < -0.4 is 0 Å². The molecule has 0 amide bonds. The van der Waals surface area contributed by atoms with Crippen LogP contribution in [0.1, 0.15) is 70.6 Å². The van der Waals surface area contributed by atoms with E-state index in [1.807, 2.05) is 12.2 Å². The van der Waals surface area contributed by atoms with Gasteiger partial charge in [0.15, 0.2) is 0 Å². The topological polar surface area (TPSA) is 26.3 Å². The predicted molar refractivity (Wildman–Crippen MR) is 93.7 cm³/mol. The lowest BCUT2D eigenvalue weighted by Gasteiger charge is -2.17. The zero-order valence-corrected chi connectivity index (χ0v) is 14.0. The maximum Gasteiger partial charge on any atom is 0.334 e. The Morgan fingerprint density at radius 3 is 2.09 bits per heavy atom. The van der Waals surface area contributed by atoms with Crippen LogP contribution in [0, 0.1) is 5.92 Å². The van der Waals surface area contributed by atoms with Crippen LogP contribution in [0.4, 0.5) is 0 Å². The third-order valence-corrected chi connectivity index (χ3v) is 4.49. The van der Waals surface area contributed by atoms with E-state index in [-0.39, 0.29) is 18.0 Å². The molecule has 1 aliphatic rings. The van der Waals surface area contributed by atoms with Gasteiger partial charge in [0.25, 0.3) is 0 Å². The predicted octanol–water partition coefficient (Wildman–Crippen LogP) is 5.75. The highest BCUT2D eigenvalue weighted by Crippen LogP contribution is 2.34. The average Bonchev–Trinajstić information content (AvgIpc) is 2.78. The van der Waals surface area contributed by atoms with E-state index in [0.717, 1.165) is 44.9 Å². The minimum atomic E-state index is -0.176. The summed E-state index contributed by atoms with van der Waals surface area (Å²) in [5.41, 5.74) is 0.695. The van der Waals surface area contributed by atoms with E-state index < -0.39 is 0 Å². The van der Waals surface area contributed by atoms with E-state index in [1.165, 1.54) is 25.7 Å². The van der Waals surface area contributed by atoms with Gasteiger partial charge < -0.3 is 4.74 Å². The Morgan fingerprint density at radius 1 is 0.864 bits per heavy atom. The first-order chi connectivity index (χ1) is 10.7. The van der Waals surface area contributed by atoms with Crippen molar-refractivity contribution in [3.63, 3.8) is 0 Å². The Kier molecular flexibility index (Phi) is 9.61. The average molecular weight is 304 g/mol. The Labute approximate surface area is 136 Å². The molecule has 2 atom stereocenters. The lowest BCUT2D eigenvalue weighted by molar-refractivity contribution is -0.139. The van der Waals surface area contributed by atoms with Gasteiger partial charge in [-0.2, -0.15) is 0 Å². The first-order valence-electron chi connectivity index (χ1n) is 8.82. The van der Waals surface area contributed by atoms with E-state index in [2.05, 4.69) is 19.7 Å². The van der Waals surface area contributed by atoms with Gasteiger partial charge in [0.05, 0.1) is 0 Å². The number of esters is 1. The van der Waals surface area contributed by atoms with Crippen molar-refractivity contribution in [1.29, 1.82) is 0 Å². The van der Waals surface area contributed by atoms with Gasteiger partial charge in [-0.3, -0.25) is 0 Å². The molecule has 22 heavy (non-hydrogen) atoms. The van der Waals surface area contributed by atoms with Crippen molar-refractivity contribution in [1.82, 2.24) is 0 Å². The van der Waals surface area contributed by atoms with E-state index >= 15 is 0 Å². The van der Waals surface area contributed by atoms with E-state index in [0.29, 0.717) is 5.57 Å². The maximum atomic E-state index is 11.7. The van der Waals surface area contributed by atoms with Gasteiger partial charge in [0.2, 0.25) is 0 Å². The van der Waals surface area contributed by atoms with Crippen molar-refractivity contribution in [2.24, 2.45) is 5.92 Å². The highest BCUT2D eigenvalue weighted by atomic mass is 16.6. The summed E-state index contributed by atoms with van der Waals surface area (Å²) in [6, 6.07) is 0. The van der Waals surface area contributed by atoms with Crippen LogP contribution in [-0.4, -0.2) is 12.1 Å². The number of ether oxygens (including phenoxy) is 1. The SMILES string of the molecule is C=CCCCCCCC[C@@H]1C(=C)C(=O)O[C@@H]1CCCCC=C. The van der Waals surface area contributed by atoms with Crippen molar-refractivity contribution in [2.75, 3.05) is 0 Å². The molecule has 1 fully saturated rings. The van der Waals surface area contributed by atoms with Crippen LogP contribution in [0.2, 0.25) is 0 Å². The highest BCUT2D eigenvalue weighted by molar-refractivity contribution is 5.90. The molecular formula is C20H32O2. The number of unbranched alkanes of at least 4 members (excludes halogenated alkanes) is 7. The molecule has 0 aromatic carbocycles. The summed E-state index contributed by atoms with van der Waals surface area (Å²) in [6.45, 7) is 11.4. The molecule has 1 saturated heterocycles. The zero-order valence-electron chi connectivity index (χ0n) is 14.0. The molecule has 0 aromatic rings. The molecule has 0 unspecified atom stereocenters. The van der Waals surface area contributed by atoms with Gasteiger partial charge in [-0.05, 0) is 44.9 Å². The van der Waals surface area contributed by atoms with E-state index in [1.54, 1.807) is 0 Å². The molecule has 1 heterocycles. The van der Waals surface area contributed by atoms with E-state index in [4.69, 9.17) is 4.74 Å². The van der Waals surface area contributed by atoms with Gasteiger partial charge in [-0.25, -0.2) is 4.79 Å². The number of cyclic esters (lactones) is 1. The van der Waals surface area contributed by atoms with E-state index in [9.17, 15) is 4.79 Å². The number of carbonyl (C=O) groups excluding carboxylic acids is 1. The van der Waals surface area contributed by atoms with Crippen molar-refractivity contribution in [3.05, 3.63) is 37.5 Å². The molecule has 0 N–H and O–H groups in total. The van der Waals surface area contributed by atoms with Crippen LogP contribution in [-0.2, 0) is 9.53 Å². The molecule has 0 aliphatic carbocycles. The second-order valence-electron chi connectivity index (χ2n) is 6.28. The van der Waals surface area contributed by atoms with Crippen LogP contribution in [0.15, 0.2) is 37.5 Å². The summed E-state index contributed by atoms with van der Waals surface area (Å²) < 4.78 is 5.50. The van der Waals surface area contributed by atoms with Gasteiger partial charge in [0, 0.05) is 11.5 Å². The fourth-order valence-corrected chi connectivity index (χ4v) is 3.11. The summed E-state index contributed by atoms with van der Waals surface area (Å²) in [6.07, 6.45) is 16.6. The smallest absolute Gasteiger partial charge is 0.334 e. The Morgan fingerprint density at radius 2 is 1.41 bits per heavy atom. The molecule has 124 valence electrons. The largest absolute Gasteiger partial charge is 0.458 e. The number of hydrogen-bond acceptors (Lipinski definition) is 2. The number of rotatable bonds is 13. The number of allylic oxidation sites excluding steroid dienone is 2. The lowest BCUT2D eigenvalue weighted by Crippen LogP contribution is -2.16. The van der Waals surface area contributed by atoms with Gasteiger partial charge in [-0.15, -0.1) is 13.2 Å². The summed E-state index contributed by atoms with van der Waals surface area (Å²) in [5.74, 6) is 0.0640. The Hall–Kier alpha value is -1.31. The summed E-state index contributed by atoms with van der Waals surface area (Å²) in [5, 5.41) is 0. The summed E-state index contributed by atoms with van der Waals surface area (Å²) in [4.78, 5) is 11.7. The lowest BCUT2D eigenvalue weighted by atomic mass is 9.88. The molecule has 0 saturated carbocycles. The van der Waals surface area contributed by atoms with Crippen molar-refractivity contribution in [3.8, 4) is 0 Å². The van der Waals surface area contributed by atoms with Crippen molar-refractivity contribution >= 4 is 5.97 Å². The fourth-order valence-electron chi connectivity index (χ4n) is 3.11. The van der Waals surface area contributed by atoms with Crippen LogP contribution in [0.3, 0.4) is 0 Å². The molecule has 2 nitrogen and oxygen atoms in total. The van der Waals surface area contributed by atoms with Crippen molar-refractivity contribution in [2.45, 2.75) is 76.7 Å². The zero-order chi connectivity index (χ0) is 16.2. The third kappa shape index (κ3) is 6.64. The standard InChI is InChI=1S/C20H32O2/c1-4-6-8-10-11-12-13-15-18-17(3)20(21)22-19(18)16-14-9-7-5-2/h4-5,18-19H,1-3,6-16H2/t18-,19-/m1/s1. The van der Waals surface area contributed by atoms with Gasteiger partial charge in [-0.1, -0.05) is 44.4 Å². The first kappa shape index (κ1) is 18.7. The second kappa shape index (κ2) is 11.3. The molecule has 0 radical (unpaired) electrons. The van der Waals surface area contributed by atoms with Crippen LogP contribution >= 0.6 is 0 Å². The minimum absolute atomic E-state index is 0.0607.